The monoisotopic (exact) mass is 522 g/mol. The lowest BCUT2D eigenvalue weighted by Crippen LogP contribution is -2.27. The molecule has 2 aromatic heterocycles. The first-order valence-electron chi connectivity index (χ1n) is 12.0. The Labute approximate surface area is 219 Å². The van der Waals surface area contributed by atoms with Crippen LogP contribution in [0.2, 0.25) is 5.02 Å². The number of nitrogens with zero attached hydrogens (tertiary/aromatic N) is 3. The lowest BCUT2D eigenvalue weighted by molar-refractivity contribution is 0.0635. The maximum absolute atomic E-state index is 13.7. The van der Waals surface area contributed by atoms with Gasteiger partial charge in [-0.15, -0.1) is 0 Å². The van der Waals surface area contributed by atoms with E-state index in [0.29, 0.717) is 42.8 Å². The van der Waals surface area contributed by atoms with Crippen molar-refractivity contribution in [3.8, 4) is 11.4 Å². The van der Waals surface area contributed by atoms with Gasteiger partial charge in [-0.2, -0.15) is 0 Å². The molecule has 0 aliphatic carbocycles. The van der Waals surface area contributed by atoms with Crippen LogP contribution in [0.25, 0.3) is 16.6 Å². The Morgan fingerprint density at radius 2 is 2.03 bits per heavy atom. The molecule has 9 heteroatoms. The molecule has 0 fully saturated rings. The van der Waals surface area contributed by atoms with Crippen LogP contribution in [-0.2, 0) is 17.8 Å². The number of aromatic nitrogens is 2. The highest BCUT2D eigenvalue weighted by Gasteiger charge is 2.21. The van der Waals surface area contributed by atoms with Crippen molar-refractivity contribution in [2.45, 2.75) is 39.5 Å². The van der Waals surface area contributed by atoms with Gasteiger partial charge in [0.05, 0.1) is 10.5 Å². The van der Waals surface area contributed by atoms with Crippen molar-refractivity contribution in [3.63, 3.8) is 0 Å². The number of nitrogens with one attached hydrogen (secondary N) is 1. The second kappa shape index (κ2) is 10.0. The molecular weight excluding hydrogens is 495 g/mol. The molecule has 1 aliphatic rings. The summed E-state index contributed by atoms with van der Waals surface area (Å²) in [4.78, 5) is 18.6. The molecule has 2 aromatic carbocycles. The Morgan fingerprint density at radius 3 is 2.84 bits per heavy atom. The SMILES string of the molecule is CC(C)(C)OC(=O)Nc1cc(CN2CCOc3c(Cl)cc(-n4ccc5cc(F)ccc54)cc3C2)ccn1. The van der Waals surface area contributed by atoms with Crippen molar-refractivity contribution >= 4 is 34.4 Å². The Bertz CT molecular complexity index is 1460. The van der Waals surface area contributed by atoms with E-state index < -0.39 is 11.7 Å². The lowest BCUT2D eigenvalue weighted by Gasteiger charge is -2.21. The molecule has 37 heavy (non-hydrogen) atoms. The minimum Gasteiger partial charge on any atom is -0.490 e. The summed E-state index contributed by atoms with van der Waals surface area (Å²) in [6.07, 6.45) is 3.03. The topological polar surface area (TPSA) is 68.6 Å². The molecule has 1 amide bonds. The van der Waals surface area contributed by atoms with E-state index >= 15 is 0 Å². The first kappa shape index (κ1) is 25.0. The number of anilines is 1. The van der Waals surface area contributed by atoms with Crippen molar-refractivity contribution in [2.24, 2.45) is 0 Å². The Balaban J connectivity index is 1.36. The maximum atomic E-state index is 13.7. The van der Waals surface area contributed by atoms with E-state index in [2.05, 4.69) is 21.3 Å². The number of rotatable bonds is 4. The molecule has 3 heterocycles. The van der Waals surface area contributed by atoms with Crippen LogP contribution in [-0.4, -0.2) is 39.3 Å². The van der Waals surface area contributed by atoms with Gasteiger partial charge in [0.25, 0.3) is 0 Å². The molecular formula is C28H28ClFN4O3. The number of benzene rings is 2. The van der Waals surface area contributed by atoms with E-state index in [1.54, 1.807) is 12.3 Å². The van der Waals surface area contributed by atoms with Crippen LogP contribution in [0, 0.1) is 5.82 Å². The molecule has 0 bridgehead atoms. The molecule has 0 radical (unpaired) electrons. The van der Waals surface area contributed by atoms with Crippen molar-refractivity contribution in [1.29, 1.82) is 0 Å². The quantitative estimate of drug-likeness (QED) is 0.329. The van der Waals surface area contributed by atoms with Crippen molar-refractivity contribution in [2.75, 3.05) is 18.5 Å². The minimum atomic E-state index is -0.593. The number of carbonyl (C=O) groups excluding carboxylic acids is 1. The fraction of sp³-hybridized carbons (Fsp3) is 0.286. The number of pyridine rings is 1. The fourth-order valence-electron chi connectivity index (χ4n) is 4.43. The highest BCUT2D eigenvalue weighted by Crippen LogP contribution is 2.35. The van der Waals surface area contributed by atoms with E-state index in [1.807, 2.05) is 55.8 Å². The van der Waals surface area contributed by atoms with Crippen LogP contribution in [0.5, 0.6) is 5.75 Å². The van der Waals surface area contributed by atoms with Gasteiger partial charge in [-0.05, 0) is 74.9 Å². The minimum absolute atomic E-state index is 0.269. The number of fused-ring (bicyclic) bond motifs is 2. The number of hydrogen-bond donors (Lipinski definition) is 1. The molecule has 0 unspecified atom stereocenters. The van der Waals surface area contributed by atoms with Crippen molar-refractivity contribution < 1.29 is 18.7 Å². The smallest absolute Gasteiger partial charge is 0.413 e. The van der Waals surface area contributed by atoms with Gasteiger partial charge in [-0.1, -0.05) is 11.6 Å². The van der Waals surface area contributed by atoms with Gasteiger partial charge in [0.2, 0.25) is 0 Å². The third-order valence-corrected chi connectivity index (χ3v) is 6.22. The molecule has 1 aliphatic heterocycles. The van der Waals surface area contributed by atoms with Gasteiger partial charge in [0.1, 0.15) is 29.6 Å². The van der Waals surface area contributed by atoms with Crippen molar-refractivity contribution in [3.05, 3.63) is 82.9 Å². The molecule has 192 valence electrons. The van der Waals surface area contributed by atoms with E-state index in [4.69, 9.17) is 21.1 Å². The summed E-state index contributed by atoms with van der Waals surface area (Å²) in [7, 11) is 0. The Kier molecular flexibility index (Phi) is 6.79. The fourth-order valence-corrected chi connectivity index (χ4v) is 4.72. The zero-order valence-electron chi connectivity index (χ0n) is 20.9. The van der Waals surface area contributed by atoms with Gasteiger partial charge in [-0.3, -0.25) is 10.2 Å². The van der Waals surface area contributed by atoms with E-state index in [0.717, 1.165) is 27.7 Å². The molecule has 7 nitrogen and oxygen atoms in total. The average Bonchev–Trinajstić information content (AvgIpc) is 3.11. The highest BCUT2D eigenvalue weighted by atomic mass is 35.5. The standard InChI is InChI=1S/C28H28ClFN4O3/c1-28(2,3)37-27(35)32-25-12-18(6-8-31-25)16-33-10-11-36-26-20(17-33)14-22(15-23(26)29)34-9-7-19-13-21(30)4-5-24(19)34/h4-9,12-15H,10-11,16-17H2,1-3H3,(H,31,32,35). The molecule has 0 spiro atoms. The third kappa shape index (κ3) is 5.87. The highest BCUT2D eigenvalue weighted by molar-refractivity contribution is 6.32. The van der Waals surface area contributed by atoms with Gasteiger partial charge >= 0.3 is 6.09 Å². The molecule has 0 saturated heterocycles. The Morgan fingerprint density at radius 1 is 1.19 bits per heavy atom. The van der Waals surface area contributed by atoms with E-state index in [1.165, 1.54) is 12.1 Å². The normalized spacial score (nSPS) is 14.1. The van der Waals surface area contributed by atoms with Crippen LogP contribution in [0.1, 0.15) is 31.9 Å². The zero-order valence-corrected chi connectivity index (χ0v) is 21.7. The van der Waals surface area contributed by atoms with Crippen molar-refractivity contribution in [1.82, 2.24) is 14.5 Å². The molecule has 5 rings (SSSR count). The molecule has 4 aromatic rings. The van der Waals surface area contributed by atoms with Crippen LogP contribution in [0.15, 0.2) is 60.9 Å². The third-order valence-electron chi connectivity index (χ3n) is 5.94. The molecule has 0 atom stereocenters. The summed E-state index contributed by atoms with van der Waals surface area (Å²) < 4.78 is 27.0. The van der Waals surface area contributed by atoms with Crippen LogP contribution in [0.4, 0.5) is 15.0 Å². The van der Waals surface area contributed by atoms with Crippen LogP contribution in [0.3, 0.4) is 0 Å². The van der Waals surface area contributed by atoms with Crippen LogP contribution < -0.4 is 10.1 Å². The van der Waals surface area contributed by atoms with Gasteiger partial charge in [0, 0.05) is 48.7 Å². The summed E-state index contributed by atoms with van der Waals surface area (Å²) in [6, 6.07) is 14.3. The summed E-state index contributed by atoms with van der Waals surface area (Å²) in [5, 5.41) is 4.04. The first-order valence-corrected chi connectivity index (χ1v) is 12.4. The van der Waals surface area contributed by atoms with Crippen LogP contribution >= 0.6 is 11.6 Å². The molecule has 0 saturated carbocycles. The predicted molar refractivity (Wildman–Crippen MR) is 142 cm³/mol. The maximum Gasteiger partial charge on any atom is 0.413 e. The summed E-state index contributed by atoms with van der Waals surface area (Å²) in [6.45, 7) is 7.87. The number of carbonyl (C=O) groups is 1. The predicted octanol–water partition coefficient (Wildman–Crippen LogP) is 6.56. The summed E-state index contributed by atoms with van der Waals surface area (Å²) in [5.74, 6) is 0.840. The largest absolute Gasteiger partial charge is 0.490 e. The molecule has 1 N–H and O–H groups in total. The van der Waals surface area contributed by atoms with Gasteiger partial charge in [-0.25, -0.2) is 14.2 Å². The zero-order chi connectivity index (χ0) is 26.2. The summed E-state index contributed by atoms with van der Waals surface area (Å²) in [5.41, 5.74) is 3.13. The summed E-state index contributed by atoms with van der Waals surface area (Å²) >= 11 is 6.66. The Hall–Kier alpha value is -3.62. The number of ether oxygens (including phenoxy) is 2. The second-order valence-electron chi connectivity index (χ2n) is 10.0. The number of amides is 1. The first-order chi connectivity index (χ1) is 17.6. The van der Waals surface area contributed by atoms with Gasteiger partial charge < -0.3 is 14.0 Å². The average molecular weight is 523 g/mol. The lowest BCUT2D eigenvalue weighted by atomic mass is 10.1. The second-order valence-corrected chi connectivity index (χ2v) is 10.4. The number of halogens is 2. The van der Waals surface area contributed by atoms with Gasteiger partial charge in [0.15, 0.2) is 0 Å². The number of hydrogen-bond acceptors (Lipinski definition) is 5. The van der Waals surface area contributed by atoms with E-state index in [-0.39, 0.29) is 5.82 Å². The van der Waals surface area contributed by atoms with E-state index in [9.17, 15) is 9.18 Å².